The van der Waals surface area contributed by atoms with Gasteiger partial charge >= 0.3 is 6.18 Å². The molecule has 4 rings (SSSR count). The molecule has 3 aromatic rings. The van der Waals surface area contributed by atoms with E-state index in [4.69, 9.17) is 11.5 Å². The van der Waals surface area contributed by atoms with Crippen LogP contribution in [0.4, 0.5) is 30.5 Å². The number of aromatic nitrogens is 3. The lowest BCUT2D eigenvalue weighted by molar-refractivity contribution is -0.137. The third-order valence-electron chi connectivity index (χ3n) is 6.19. The molecule has 0 unspecified atom stereocenters. The van der Waals surface area contributed by atoms with E-state index in [2.05, 4.69) is 20.3 Å². The predicted molar refractivity (Wildman–Crippen MR) is 133 cm³/mol. The van der Waals surface area contributed by atoms with Crippen LogP contribution < -0.4 is 21.7 Å². The average molecular weight is 517 g/mol. The molecule has 2 amide bonds. The predicted octanol–water partition coefficient (Wildman–Crippen LogP) is 2.87. The van der Waals surface area contributed by atoms with Gasteiger partial charge in [-0.3, -0.25) is 9.59 Å². The van der Waals surface area contributed by atoms with Gasteiger partial charge in [0.1, 0.15) is 23.5 Å². The molecule has 0 saturated carbocycles. The number of carbonyl (C=O) groups excluding carboxylic acids is 2. The lowest BCUT2D eigenvalue weighted by Crippen LogP contribution is -2.56. The van der Waals surface area contributed by atoms with Crippen LogP contribution in [0.1, 0.15) is 46.7 Å². The number of halogens is 3. The normalized spacial score (nSPS) is 16.3. The molecule has 2 atom stereocenters. The Morgan fingerprint density at radius 2 is 1.86 bits per heavy atom. The maximum Gasteiger partial charge on any atom is 0.416 e. The van der Waals surface area contributed by atoms with Crippen LogP contribution in [-0.4, -0.2) is 58.3 Å². The van der Waals surface area contributed by atoms with Crippen molar-refractivity contribution in [3.05, 3.63) is 46.8 Å². The van der Waals surface area contributed by atoms with Crippen molar-refractivity contribution < 1.29 is 22.8 Å². The van der Waals surface area contributed by atoms with E-state index in [9.17, 15) is 22.8 Å². The third kappa shape index (κ3) is 5.06. The minimum atomic E-state index is -4.55. The van der Waals surface area contributed by atoms with Crippen LogP contribution >= 0.6 is 0 Å². The smallest absolute Gasteiger partial charge is 0.399 e. The second-order valence-corrected chi connectivity index (χ2v) is 9.20. The van der Waals surface area contributed by atoms with Crippen LogP contribution in [0.15, 0.2) is 24.3 Å². The quantitative estimate of drug-likeness (QED) is 0.425. The number of benzene rings is 1. The summed E-state index contributed by atoms with van der Waals surface area (Å²) in [6.07, 6.45) is -4.01. The van der Waals surface area contributed by atoms with Gasteiger partial charge in [-0.2, -0.15) is 13.2 Å². The molecule has 196 valence electrons. The number of nitrogens with zero attached hydrogens (tertiary/aromatic N) is 5. The molecule has 0 bridgehead atoms. The highest BCUT2D eigenvalue weighted by molar-refractivity contribution is 6.04. The number of nitrogens with two attached hydrogens (primary N) is 2. The van der Waals surface area contributed by atoms with E-state index in [1.54, 1.807) is 38.9 Å². The number of pyridine rings is 1. The molecule has 1 aliphatic rings. The van der Waals surface area contributed by atoms with Crippen molar-refractivity contribution in [2.75, 3.05) is 36.6 Å². The number of fused-ring (bicyclic) bond motifs is 1. The fourth-order valence-electron chi connectivity index (χ4n) is 4.20. The summed E-state index contributed by atoms with van der Waals surface area (Å²) in [5, 5.41) is 3.51. The Hall–Kier alpha value is -4.16. The molecule has 1 aliphatic heterocycles. The molecule has 37 heavy (non-hydrogen) atoms. The van der Waals surface area contributed by atoms with Gasteiger partial charge in [0.2, 0.25) is 5.91 Å². The van der Waals surface area contributed by atoms with Crippen LogP contribution in [0, 0.1) is 6.92 Å². The minimum absolute atomic E-state index is 0.0223. The molecule has 5 N–H and O–H groups in total. The summed E-state index contributed by atoms with van der Waals surface area (Å²) in [5.74, 6) is 0.0411. The molecule has 1 aromatic carbocycles. The Morgan fingerprint density at radius 1 is 1.16 bits per heavy atom. The van der Waals surface area contributed by atoms with Gasteiger partial charge in [-0.15, -0.1) is 0 Å². The number of carbonyl (C=O) groups is 2. The van der Waals surface area contributed by atoms with Gasteiger partial charge in [0.05, 0.1) is 22.6 Å². The van der Waals surface area contributed by atoms with Crippen molar-refractivity contribution in [1.82, 2.24) is 19.9 Å². The van der Waals surface area contributed by atoms with Gasteiger partial charge in [0, 0.05) is 26.3 Å². The number of nitrogen functional groups attached to an aromatic ring is 1. The van der Waals surface area contributed by atoms with Crippen molar-refractivity contribution >= 4 is 40.2 Å². The molecular weight excluding hydrogens is 489 g/mol. The molecule has 0 radical (unpaired) electrons. The fraction of sp³-hybridized carbons (Fsp3) is 0.375. The van der Waals surface area contributed by atoms with Crippen LogP contribution in [0.25, 0.3) is 11.0 Å². The molecule has 0 aliphatic carbocycles. The first-order valence-corrected chi connectivity index (χ1v) is 11.5. The van der Waals surface area contributed by atoms with Crippen molar-refractivity contribution in [3.63, 3.8) is 0 Å². The summed E-state index contributed by atoms with van der Waals surface area (Å²) >= 11 is 0. The highest BCUT2D eigenvalue weighted by Gasteiger charge is 2.37. The van der Waals surface area contributed by atoms with Crippen molar-refractivity contribution in [2.24, 2.45) is 5.73 Å². The van der Waals surface area contributed by atoms with E-state index < -0.39 is 29.7 Å². The van der Waals surface area contributed by atoms with Crippen molar-refractivity contribution in [2.45, 2.75) is 38.5 Å². The van der Waals surface area contributed by atoms with E-state index in [1.807, 2.05) is 0 Å². The standard InChI is InChI=1S/C24H27F3N8O2/c1-11(13-7-14(24(25,26)27)9-15(28)8-13)30-20-16-10-17(23(37)34(3)4)22(33-21(16)32-12(2)31-20)35-6-5-18(35)19(29)36/h7-11,18H,5-6,28H2,1-4H3,(H2,29,36)(H,30,31,32,33)/t11-,18+/m1/s1. The summed E-state index contributed by atoms with van der Waals surface area (Å²) < 4.78 is 40.0. The lowest BCUT2D eigenvalue weighted by Gasteiger charge is -2.40. The number of anilines is 3. The topological polar surface area (TPSA) is 143 Å². The molecule has 13 heteroatoms. The summed E-state index contributed by atoms with van der Waals surface area (Å²) in [7, 11) is 3.17. The number of alkyl halides is 3. The molecule has 0 spiro atoms. The number of amides is 2. The van der Waals surface area contributed by atoms with Gasteiger partial charge in [0.25, 0.3) is 5.91 Å². The number of nitrogens with one attached hydrogen (secondary N) is 1. The Bertz CT molecular complexity index is 1390. The van der Waals surface area contributed by atoms with Gasteiger partial charge in [-0.1, -0.05) is 0 Å². The number of primary amides is 1. The second kappa shape index (κ2) is 9.37. The number of hydrogen-bond acceptors (Lipinski definition) is 8. The van der Waals surface area contributed by atoms with E-state index in [-0.39, 0.29) is 34.4 Å². The van der Waals surface area contributed by atoms with Gasteiger partial charge in [-0.05, 0) is 50.1 Å². The van der Waals surface area contributed by atoms with Crippen molar-refractivity contribution in [3.8, 4) is 0 Å². The number of hydrogen-bond donors (Lipinski definition) is 3. The zero-order valence-corrected chi connectivity index (χ0v) is 20.7. The summed E-state index contributed by atoms with van der Waals surface area (Å²) in [5.41, 5.74) is 11.1. The van der Waals surface area contributed by atoms with E-state index in [0.29, 0.717) is 29.7 Å². The monoisotopic (exact) mass is 516 g/mol. The van der Waals surface area contributed by atoms with Crippen LogP contribution in [0.3, 0.4) is 0 Å². The fourth-order valence-corrected chi connectivity index (χ4v) is 4.20. The Labute approximate surface area is 210 Å². The van der Waals surface area contributed by atoms with E-state index in [0.717, 1.165) is 12.1 Å². The summed E-state index contributed by atoms with van der Waals surface area (Å²) in [4.78, 5) is 41.4. The van der Waals surface area contributed by atoms with Gasteiger partial charge < -0.3 is 26.6 Å². The first-order chi connectivity index (χ1) is 17.3. The molecule has 10 nitrogen and oxygen atoms in total. The zero-order chi connectivity index (χ0) is 27.2. The SMILES string of the molecule is Cc1nc(N[C@H](C)c2cc(N)cc(C(F)(F)F)c2)c2cc(C(=O)N(C)C)c(N3CC[C@H]3C(N)=O)nc2n1. The first kappa shape index (κ1) is 25.9. The number of rotatable bonds is 6. The van der Waals surface area contributed by atoms with Crippen molar-refractivity contribution in [1.29, 1.82) is 0 Å². The number of aryl methyl sites for hydroxylation is 1. The molecule has 1 fully saturated rings. The zero-order valence-electron chi connectivity index (χ0n) is 20.7. The minimum Gasteiger partial charge on any atom is -0.399 e. The summed E-state index contributed by atoms with van der Waals surface area (Å²) in [6, 6.07) is 3.70. The molecule has 3 heterocycles. The summed E-state index contributed by atoms with van der Waals surface area (Å²) in [6.45, 7) is 3.81. The Morgan fingerprint density at radius 3 is 2.43 bits per heavy atom. The van der Waals surface area contributed by atoms with E-state index in [1.165, 1.54) is 11.0 Å². The molecular formula is C24H27F3N8O2. The lowest BCUT2D eigenvalue weighted by atomic mass is 10.0. The van der Waals surface area contributed by atoms with Crippen LogP contribution in [-0.2, 0) is 11.0 Å². The average Bonchev–Trinajstić information content (AvgIpc) is 2.75. The second-order valence-electron chi connectivity index (χ2n) is 9.20. The largest absolute Gasteiger partial charge is 0.416 e. The first-order valence-electron chi connectivity index (χ1n) is 11.5. The van der Waals surface area contributed by atoms with Crippen LogP contribution in [0.5, 0.6) is 0 Å². The highest BCUT2D eigenvalue weighted by atomic mass is 19.4. The highest BCUT2D eigenvalue weighted by Crippen LogP contribution is 2.35. The van der Waals surface area contributed by atoms with Gasteiger partial charge in [-0.25, -0.2) is 15.0 Å². The van der Waals surface area contributed by atoms with E-state index >= 15 is 0 Å². The Kier molecular flexibility index (Phi) is 6.57. The van der Waals surface area contributed by atoms with Gasteiger partial charge in [0.15, 0.2) is 5.65 Å². The molecule has 2 aromatic heterocycles. The maximum atomic E-state index is 13.3. The maximum absolute atomic E-state index is 13.3. The molecule has 1 saturated heterocycles. The Balaban J connectivity index is 1.81. The van der Waals surface area contributed by atoms with Crippen LogP contribution in [0.2, 0.25) is 0 Å². The third-order valence-corrected chi connectivity index (χ3v) is 6.19.